The first kappa shape index (κ1) is 64.7. The van der Waals surface area contributed by atoms with Gasteiger partial charge in [0, 0.05) is 91.9 Å². The maximum absolute atomic E-state index is 13.8. The second-order valence-electron chi connectivity index (χ2n) is 25.7. The number of ether oxygens (including phenoxy) is 4. The summed E-state index contributed by atoms with van der Waals surface area (Å²) in [6.07, 6.45) is 16.3. The van der Waals surface area contributed by atoms with E-state index in [1.807, 2.05) is 52.1 Å². The van der Waals surface area contributed by atoms with Crippen molar-refractivity contribution in [1.82, 2.24) is 9.97 Å². The lowest BCUT2D eigenvalue weighted by Gasteiger charge is -2.53. The van der Waals surface area contributed by atoms with Crippen molar-refractivity contribution < 1.29 is 47.7 Å². The molecule has 11 heterocycles. The van der Waals surface area contributed by atoms with Crippen LogP contribution in [0.15, 0.2) is 95.7 Å². The first-order valence-electron chi connectivity index (χ1n) is 33.1. The fraction of sp³-hybridized carbons (Fsp3) is 0.397. The van der Waals surface area contributed by atoms with Crippen LogP contribution in [0, 0.1) is 10.8 Å². The lowest BCUT2D eigenvalue weighted by Crippen LogP contribution is -2.59. The molecule has 0 unspecified atom stereocenters. The van der Waals surface area contributed by atoms with E-state index in [4.69, 9.17) is 35.5 Å². The molecule has 492 valence electrons. The average Bonchev–Trinajstić information content (AvgIpc) is 1.26. The zero-order valence-corrected chi connectivity index (χ0v) is 57.3. The van der Waals surface area contributed by atoms with Crippen LogP contribution in [0.25, 0.3) is 19.5 Å². The number of fused-ring (bicyclic) bond motifs is 8. The smallest absolute Gasteiger partial charge is 0.348 e. The predicted octanol–water partition coefficient (Wildman–Crippen LogP) is 15.2. The topological polar surface area (TPSA) is 199 Å². The summed E-state index contributed by atoms with van der Waals surface area (Å²) in [6.45, 7) is 10.7. The van der Waals surface area contributed by atoms with Crippen molar-refractivity contribution in [2.24, 2.45) is 10.8 Å². The maximum atomic E-state index is 13.8. The Morgan fingerprint density at radius 3 is 1.45 bits per heavy atom. The van der Waals surface area contributed by atoms with Gasteiger partial charge in [-0.05, 0) is 227 Å². The van der Waals surface area contributed by atoms with E-state index in [0.29, 0.717) is 82.5 Å². The third-order valence-electron chi connectivity index (χ3n) is 19.7. The molecule has 8 aliphatic rings. The average molecular weight is 1370 g/mol. The van der Waals surface area contributed by atoms with Crippen LogP contribution in [-0.4, -0.2) is 111 Å². The number of nitrogens with one attached hydrogen (secondary N) is 2. The molecule has 95 heavy (non-hydrogen) atoms. The van der Waals surface area contributed by atoms with E-state index in [1.165, 1.54) is 54.8 Å². The lowest BCUT2D eigenvalue weighted by atomic mass is 9.64. The Morgan fingerprint density at radius 1 is 0.526 bits per heavy atom. The summed E-state index contributed by atoms with van der Waals surface area (Å²) < 4.78 is 21.3. The minimum absolute atomic E-state index is 0.103. The quantitative estimate of drug-likeness (QED) is 0.0917. The zero-order chi connectivity index (χ0) is 65.4. The van der Waals surface area contributed by atoms with Gasteiger partial charge in [0.2, 0.25) is 0 Å². The van der Waals surface area contributed by atoms with Crippen molar-refractivity contribution in [3.8, 4) is 19.5 Å². The van der Waals surface area contributed by atoms with Gasteiger partial charge in [-0.1, -0.05) is 18.0 Å². The molecule has 2 spiro atoms. The number of thiophene rings is 4. The lowest BCUT2D eigenvalue weighted by molar-refractivity contribution is -0.0283. The van der Waals surface area contributed by atoms with Crippen molar-refractivity contribution in [3.63, 3.8) is 0 Å². The van der Waals surface area contributed by atoms with E-state index in [0.717, 1.165) is 167 Å². The van der Waals surface area contributed by atoms with E-state index in [-0.39, 0.29) is 46.1 Å². The molecule has 0 bridgehead atoms. The summed E-state index contributed by atoms with van der Waals surface area (Å²) in [6, 6.07) is 25.6. The number of carbonyl (C=O) groups is 6. The highest BCUT2D eigenvalue weighted by molar-refractivity contribution is 7.23. The number of esters is 2. The van der Waals surface area contributed by atoms with Crippen molar-refractivity contribution in [3.05, 3.63) is 166 Å². The van der Waals surface area contributed by atoms with Crippen LogP contribution in [0.3, 0.4) is 0 Å². The van der Waals surface area contributed by atoms with Crippen LogP contribution in [0.1, 0.15) is 166 Å². The molecule has 5 aliphatic heterocycles. The van der Waals surface area contributed by atoms with Gasteiger partial charge in [0.05, 0.1) is 55.2 Å². The molecule has 4 amide bonds. The van der Waals surface area contributed by atoms with Crippen LogP contribution in [0.4, 0.5) is 28.6 Å². The van der Waals surface area contributed by atoms with Gasteiger partial charge in [-0.15, -0.1) is 45.3 Å². The molecule has 16 rings (SSSR count). The summed E-state index contributed by atoms with van der Waals surface area (Å²) in [5.74, 6) is -0.585. The fourth-order valence-electron chi connectivity index (χ4n) is 14.3. The van der Waals surface area contributed by atoms with Crippen LogP contribution in [0.2, 0.25) is 5.15 Å². The molecule has 3 aliphatic carbocycles. The Bertz CT molecular complexity index is 4240. The summed E-state index contributed by atoms with van der Waals surface area (Å²) in [5, 5.41) is 10.1. The molecule has 0 atom stereocenters. The van der Waals surface area contributed by atoms with Crippen LogP contribution in [-0.2, 0) is 57.5 Å². The number of aromatic nitrogens is 2. The second kappa shape index (κ2) is 27.8. The van der Waals surface area contributed by atoms with E-state index in [1.54, 1.807) is 90.0 Å². The fourth-order valence-corrected chi connectivity index (χ4v) is 18.9. The Balaban J connectivity index is 0.000000146. The highest BCUT2D eigenvalue weighted by Gasteiger charge is 2.46. The SMILES string of the molecule is C1CC2(C1)CCOCC2.CCOC(=O)c1cc2c(s1)-c1sccc1N(C(=O)c1ccc(NC(=O)c3cc4c(nc3Cl)CCC4)cc1)CC2.CCOC(=O)c1cc2c(s1)-c1sccc1N(C(=O)c1ccc(NC(=O)c3cc4c(nc3N3CC5(CCOCC5)C3)CCC4)cc1)CC2. The number of carbonyl (C=O) groups excluding carboxylic acids is 6. The Morgan fingerprint density at radius 2 is 0.989 bits per heavy atom. The number of rotatable bonds is 11. The molecule has 6 aromatic heterocycles. The van der Waals surface area contributed by atoms with Gasteiger partial charge in [0.1, 0.15) is 20.7 Å². The molecule has 4 fully saturated rings. The molecule has 17 nitrogen and oxygen atoms in total. The number of hydrogen-bond acceptors (Lipinski definition) is 17. The van der Waals surface area contributed by atoms with E-state index >= 15 is 0 Å². The van der Waals surface area contributed by atoms with Gasteiger partial charge in [-0.2, -0.15) is 0 Å². The first-order chi connectivity index (χ1) is 46.2. The van der Waals surface area contributed by atoms with E-state index in [2.05, 4.69) is 20.5 Å². The number of pyridine rings is 2. The summed E-state index contributed by atoms with van der Waals surface area (Å²) >= 11 is 12.2. The molecule has 0 radical (unpaired) electrons. The second-order valence-corrected chi connectivity index (χ2v) is 30.0. The summed E-state index contributed by atoms with van der Waals surface area (Å²) in [7, 11) is 0. The normalized spacial score (nSPS) is 17.4. The van der Waals surface area contributed by atoms with Crippen LogP contribution in [0.5, 0.6) is 0 Å². The number of halogens is 1. The maximum Gasteiger partial charge on any atom is 0.348 e. The predicted molar refractivity (Wildman–Crippen MR) is 375 cm³/mol. The molecule has 1 saturated carbocycles. The minimum atomic E-state index is -0.329. The highest BCUT2D eigenvalue weighted by Crippen LogP contribution is 2.50. The number of benzene rings is 2. The standard InChI is InChI=1S/C36H36N4O5S2.C29H24ClN3O4S2.C8H14O/c1-2-45-35(43)29-19-24-10-14-40(28-11-17-46-31(28)30(24)47-29)34(42)22-6-8-25(9-7-22)37-33(41)26-18-23-4-3-5-27(23)38-32(26)39-20-36(21-39)12-15-44-16-13-36;1-2-37-29(36)23-15-18-10-12-33(22-11-13-38-25(22)24(18)39-23)28(35)16-6-8-19(9-7-16)31-27(34)20-14-17-4-3-5-21(17)32-26(20)30;1-2-8(3-1)4-6-9-7-5-8/h6-9,11,17-19H,2-5,10,12-16,20-21H2,1H3,(H,37,41);6-9,11,13-15H,2-5,10,12H2,1H3,(H,31,34);1-7H2. The summed E-state index contributed by atoms with van der Waals surface area (Å²) in [5.41, 5.74) is 12.3. The van der Waals surface area contributed by atoms with Gasteiger partial charge in [-0.25, -0.2) is 19.6 Å². The Labute approximate surface area is 573 Å². The molecule has 2 N–H and O–H groups in total. The Hall–Kier alpha value is -7.63. The summed E-state index contributed by atoms with van der Waals surface area (Å²) in [4.78, 5) is 99.2. The van der Waals surface area contributed by atoms with Gasteiger partial charge in [-0.3, -0.25) is 19.2 Å². The number of aryl methyl sites for hydroxylation is 4. The highest BCUT2D eigenvalue weighted by atomic mass is 35.5. The number of hydrogen-bond donors (Lipinski definition) is 2. The Kier molecular flexibility index (Phi) is 19.0. The molecule has 8 aromatic rings. The van der Waals surface area contributed by atoms with E-state index in [9.17, 15) is 28.8 Å². The van der Waals surface area contributed by atoms with Gasteiger partial charge < -0.3 is 44.3 Å². The largest absolute Gasteiger partial charge is 0.462 e. The molecular formula is C73H74ClN7O10S4. The van der Waals surface area contributed by atoms with Crippen molar-refractivity contribution >= 4 is 121 Å². The van der Waals surface area contributed by atoms with Crippen molar-refractivity contribution in [2.45, 2.75) is 110 Å². The minimum Gasteiger partial charge on any atom is -0.462 e. The van der Waals surface area contributed by atoms with Crippen molar-refractivity contribution in [2.75, 3.05) is 91.2 Å². The molecule has 3 saturated heterocycles. The first-order valence-corrected chi connectivity index (χ1v) is 36.9. The van der Waals surface area contributed by atoms with Gasteiger partial charge in [0.25, 0.3) is 23.6 Å². The van der Waals surface area contributed by atoms with Gasteiger partial charge in [0.15, 0.2) is 0 Å². The third kappa shape index (κ3) is 13.4. The number of amides is 4. The monoisotopic (exact) mass is 1370 g/mol. The number of anilines is 5. The number of nitrogens with zero attached hydrogens (tertiary/aromatic N) is 5. The molecule has 2 aromatic carbocycles. The van der Waals surface area contributed by atoms with Crippen LogP contribution < -0.4 is 25.3 Å². The third-order valence-corrected chi connectivity index (χ3v) is 24.5. The van der Waals surface area contributed by atoms with Gasteiger partial charge >= 0.3 is 11.9 Å². The van der Waals surface area contributed by atoms with Crippen LogP contribution >= 0.6 is 56.9 Å². The molecule has 22 heteroatoms. The molecular weight excluding hydrogens is 1300 g/mol. The zero-order valence-electron chi connectivity index (χ0n) is 53.2. The van der Waals surface area contributed by atoms with Crippen molar-refractivity contribution in [1.29, 1.82) is 0 Å². The van der Waals surface area contributed by atoms with E-state index < -0.39 is 0 Å².